The Hall–Kier alpha value is -1.82. The quantitative estimate of drug-likeness (QED) is 0.706. The van der Waals surface area contributed by atoms with Crippen LogP contribution in [0.3, 0.4) is 0 Å². The Morgan fingerprint density at radius 1 is 1.12 bits per heavy atom. The van der Waals surface area contributed by atoms with Gasteiger partial charge < -0.3 is 9.64 Å². The Labute approximate surface area is 160 Å². The summed E-state index contributed by atoms with van der Waals surface area (Å²) in [6.07, 6.45) is 1.19. The van der Waals surface area contributed by atoms with E-state index in [0.29, 0.717) is 6.54 Å². The molecule has 0 aliphatic carbocycles. The molecular weight excluding hydrogens is 387 g/mol. The van der Waals surface area contributed by atoms with Crippen molar-refractivity contribution in [1.82, 2.24) is 9.88 Å². The van der Waals surface area contributed by atoms with Crippen LogP contribution in [0.5, 0.6) is 0 Å². The van der Waals surface area contributed by atoms with E-state index >= 15 is 0 Å². The predicted molar refractivity (Wildman–Crippen MR) is 97.2 cm³/mol. The Morgan fingerprint density at radius 2 is 1.76 bits per heavy atom. The summed E-state index contributed by atoms with van der Waals surface area (Å²) in [6, 6.07) is 7.80. The molecule has 132 valence electrons. The van der Waals surface area contributed by atoms with Crippen molar-refractivity contribution in [3.8, 4) is 0 Å². The number of amides is 1. The SMILES string of the molecule is Cc1ccc(CN(C)C(=O)COC(=O)c2ncc(Cl)c(Cl)c2Cl)cc1. The average Bonchev–Trinajstić information content (AvgIpc) is 2.59. The lowest BCUT2D eigenvalue weighted by molar-refractivity contribution is -0.133. The second-order valence-electron chi connectivity index (χ2n) is 5.39. The van der Waals surface area contributed by atoms with Crippen molar-refractivity contribution >= 4 is 46.7 Å². The number of hydrogen-bond acceptors (Lipinski definition) is 4. The minimum atomic E-state index is -0.847. The lowest BCUT2D eigenvalue weighted by Gasteiger charge is -2.17. The van der Waals surface area contributed by atoms with Crippen molar-refractivity contribution in [1.29, 1.82) is 0 Å². The van der Waals surface area contributed by atoms with Gasteiger partial charge in [0.05, 0.1) is 15.1 Å². The van der Waals surface area contributed by atoms with Crippen molar-refractivity contribution < 1.29 is 14.3 Å². The van der Waals surface area contributed by atoms with E-state index in [9.17, 15) is 9.59 Å². The smallest absolute Gasteiger partial charge is 0.359 e. The van der Waals surface area contributed by atoms with Crippen molar-refractivity contribution in [2.24, 2.45) is 0 Å². The summed E-state index contributed by atoms with van der Waals surface area (Å²) in [7, 11) is 1.63. The van der Waals surface area contributed by atoms with Gasteiger partial charge in [-0.1, -0.05) is 64.6 Å². The molecule has 0 bridgehead atoms. The molecule has 1 amide bonds. The van der Waals surface area contributed by atoms with Crippen LogP contribution < -0.4 is 0 Å². The lowest BCUT2D eigenvalue weighted by Crippen LogP contribution is -2.31. The first-order chi connectivity index (χ1) is 11.8. The van der Waals surface area contributed by atoms with Gasteiger partial charge in [0.1, 0.15) is 0 Å². The maximum absolute atomic E-state index is 12.1. The van der Waals surface area contributed by atoms with Crippen LogP contribution in [0.4, 0.5) is 0 Å². The van der Waals surface area contributed by atoms with Crippen molar-refractivity contribution in [2.45, 2.75) is 13.5 Å². The number of hydrogen-bond donors (Lipinski definition) is 0. The molecular formula is C17H15Cl3N2O3. The van der Waals surface area contributed by atoms with Gasteiger partial charge in [-0.25, -0.2) is 9.78 Å². The number of likely N-dealkylation sites (N-methyl/N-ethyl adjacent to an activating group) is 1. The molecule has 0 unspecified atom stereocenters. The summed E-state index contributed by atoms with van der Waals surface area (Å²) >= 11 is 17.5. The average molecular weight is 402 g/mol. The van der Waals surface area contributed by atoms with E-state index in [1.54, 1.807) is 7.05 Å². The monoisotopic (exact) mass is 400 g/mol. The fourth-order valence-electron chi connectivity index (χ4n) is 1.95. The van der Waals surface area contributed by atoms with Gasteiger partial charge in [-0.15, -0.1) is 0 Å². The van der Waals surface area contributed by atoms with Gasteiger partial charge in [0.25, 0.3) is 5.91 Å². The standard InChI is InChI=1S/C17H15Cl3N2O3/c1-10-3-5-11(6-4-10)8-22(2)13(23)9-25-17(24)16-15(20)14(19)12(18)7-21-16/h3-7H,8-9H2,1-2H3. The van der Waals surface area contributed by atoms with Gasteiger partial charge in [-0.3, -0.25) is 4.79 Å². The van der Waals surface area contributed by atoms with Crippen LogP contribution in [0.25, 0.3) is 0 Å². The van der Waals surface area contributed by atoms with Crippen LogP contribution >= 0.6 is 34.8 Å². The van der Waals surface area contributed by atoms with Gasteiger partial charge in [0.15, 0.2) is 12.3 Å². The Bertz CT molecular complexity index is 794. The molecule has 1 aromatic carbocycles. The third kappa shape index (κ3) is 5.08. The molecule has 0 radical (unpaired) electrons. The van der Waals surface area contributed by atoms with Crippen LogP contribution in [0.15, 0.2) is 30.5 Å². The molecule has 1 aromatic heterocycles. The molecule has 0 saturated carbocycles. The third-order valence-corrected chi connectivity index (χ3v) is 4.64. The highest BCUT2D eigenvalue weighted by atomic mass is 35.5. The minimum Gasteiger partial charge on any atom is -0.451 e. The number of aryl methyl sites for hydroxylation is 1. The number of carbonyl (C=O) groups is 2. The number of carbonyl (C=O) groups excluding carboxylic acids is 2. The molecule has 25 heavy (non-hydrogen) atoms. The maximum Gasteiger partial charge on any atom is 0.359 e. The van der Waals surface area contributed by atoms with Crippen LogP contribution in [0, 0.1) is 6.92 Å². The molecule has 0 N–H and O–H groups in total. The van der Waals surface area contributed by atoms with Gasteiger partial charge in [0.2, 0.25) is 0 Å². The van der Waals surface area contributed by atoms with Crippen LogP contribution in [-0.4, -0.2) is 35.4 Å². The molecule has 0 aliphatic rings. The number of benzene rings is 1. The molecule has 2 aromatic rings. The summed E-state index contributed by atoms with van der Waals surface area (Å²) in [4.78, 5) is 29.4. The highest BCUT2D eigenvalue weighted by molar-refractivity contribution is 6.48. The zero-order valence-electron chi connectivity index (χ0n) is 13.6. The van der Waals surface area contributed by atoms with E-state index in [1.807, 2.05) is 31.2 Å². The first-order valence-electron chi connectivity index (χ1n) is 7.25. The van der Waals surface area contributed by atoms with Gasteiger partial charge in [0, 0.05) is 19.8 Å². The van der Waals surface area contributed by atoms with E-state index in [1.165, 1.54) is 11.1 Å². The number of ether oxygens (including phenoxy) is 1. The fraction of sp³-hybridized carbons (Fsp3) is 0.235. The number of nitrogens with zero attached hydrogens (tertiary/aromatic N) is 2. The summed E-state index contributed by atoms with van der Waals surface area (Å²) in [5, 5.41) is 0.0184. The van der Waals surface area contributed by atoms with E-state index in [4.69, 9.17) is 39.5 Å². The zero-order valence-corrected chi connectivity index (χ0v) is 15.8. The predicted octanol–water partition coefficient (Wildman–Crippen LogP) is 4.17. The number of aromatic nitrogens is 1. The molecule has 0 fully saturated rings. The van der Waals surface area contributed by atoms with Crippen LogP contribution in [0.1, 0.15) is 21.6 Å². The molecule has 0 spiro atoms. The second kappa shape index (κ2) is 8.52. The van der Waals surface area contributed by atoms with Gasteiger partial charge >= 0.3 is 5.97 Å². The second-order valence-corrected chi connectivity index (χ2v) is 6.56. The van der Waals surface area contributed by atoms with E-state index in [0.717, 1.165) is 11.1 Å². The highest BCUT2D eigenvalue weighted by Gasteiger charge is 2.20. The molecule has 0 aliphatic heterocycles. The number of halogens is 3. The zero-order chi connectivity index (χ0) is 18.6. The van der Waals surface area contributed by atoms with Crippen molar-refractivity contribution in [2.75, 3.05) is 13.7 Å². The molecule has 0 saturated heterocycles. The first kappa shape index (κ1) is 19.5. The van der Waals surface area contributed by atoms with Crippen LogP contribution in [-0.2, 0) is 16.1 Å². The van der Waals surface area contributed by atoms with Gasteiger partial charge in [-0.2, -0.15) is 0 Å². The number of rotatable bonds is 5. The van der Waals surface area contributed by atoms with E-state index in [2.05, 4.69) is 4.98 Å². The molecule has 0 atom stereocenters. The normalized spacial score (nSPS) is 10.4. The molecule has 8 heteroatoms. The van der Waals surface area contributed by atoms with Crippen LogP contribution in [0.2, 0.25) is 15.1 Å². The Balaban J connectivity index is 1.93. The number of esters is 1. The third-order valence-electron chi connectivity index (χ3n) is 3.40. The number of pyridine rings is 1. The summed E-state index contributed by atoms with van der Waals surface area (Å²) in [5.74, 6) is -1.20. The summed E-state index contributed by atoms with van der Waals surface area (Å²) in [6.45, 7) is 1.96. The summed E-state index contributed by atoms with van der Waals surface area (Å²) in [5.41, 5.74) is 1.92. The highest BCUT2D eigenvalue weighted by Crippen LogP contribution is 2.31. The molecule has 5 nitrogen and oxygen atoms in total. The fourth-order valence-corrected chi connectivity index (χ4v) is 2.50. The summed E-state index contributed by atoms with van der Waals surface area (Å²) < 4.78 is 4.96. The van der Waals surface area contributed by atoms with Gasteiger partial charge in [-0.05, 0) is 12.5 Å². The van der Waals surface area contributed by atoms with E-state index in [-0.39, 0.29) is 26.7 Å². The Morgan fingerprint density at radius 3 is 2.40 bits per heavy atom. The van der Waals surface area contributed by atoms with Crippen molar-refractivity contribution in [3.63, 3.8) is 0 Å². The lowest BCUT2D eigenvalue weighted by atomic mass is 10.1. The minimum absolute atomic E-state index is 0.00750. The first-order valence-corrected chi connectivity index (χ1v) is 8.39. The molecule has 1 heterocycles. The van der Waals surface area contributed by atoms with E-state index < -0.39 is 12.6 Å². The molecule has 2 rings (SSSR count). The largest absolute Gasteiger partial charge is 0.451 e. The maximum atomic E-state index is 12.1. The van der Waals surface area contributed by atoms with Crippen molar-refractivity contribution in [3.05, 3.63) is 62.4 Å². The topological polar surface area (TPSA) is 59.5 Å². The Kier molecular flexibility index (Phi) is 6.64.